The number of nitrogens with zero attached hydrogens (tertiary/aromatic N) is 2. The van der Waals surface area contributed by atoms with Gasteiger partial charge in [0.15, 0.2) is 5.81 Å². The largest absolute Gasteiger partial charge is 0.353 e. The van der Waals surface area contributed by atoms with Gasteiger partial charge in [-0.1, -0.05) is 6.07 Å². The molecule has 0 spiro atoms. The average Bonchev–Trinajstić information content (AvgIpc) is 2.84. The maximum Gasteiger partial charge on any atom is 0.272 e. The lowest BCUT2D eigenvalue weighted by atomic mass is 10.0. The molecule has 0 aliphatic carbocycles. The number of rotatable bonds is 2. The molecule has 1 aliphatic heterocycles. The van der Waals surface area contributed by atoms with Gasteiger partial charge in [-0.25, -0.2) is 5.43 Å². The van der Waals surface area contributed by atoms with Gasteiger partial charge in [-0.15, -0.1) is 0 Å². The fraction of sp³-hybridized carbons (Fsp3) is 0. The first-order valence-corrected chi connectivity index (χ1v) is 7.14. The molecular formula is C16H10BN5O2. The summed E-state index contributed by atoms with van der Waals surface area (Å²) in [6, 6.07) is 8.84. The lowest BCUT2D eigenvalue weighted by Gasteiger charge is -2.06. The quantitative estimate of drug-likeness (QED) is 0.631. The van der Waals surface area contributed by atoms with Crippen LogP contribution < -0.4 is 10.7 Å². The number of anilines is 1. The van der Waals surface area contributed by atoms with E-state index in [2.05, 4.69) is 25.8 Å². The van der Waals surface area contributed by atoms with Crippen molar-refractivity contribution < 1.29 is 9.59 Å². The van der Waals surface area contributed by atoms with Crippen molar-refractivity contribution >= 4 is 42.4 Å². The first kappa shape index (κ1) is 14.2. The minimum atomic E-state index is -0.705. The van der Waals surface area contributed by atoms with Gasteiger partial charge in [0, 0.05) is 28.4 Å². The van der Waals surface area contributed by atoms with Crippen molar-refractivity contribution in [1.82, 2.24) is 15.4 Å². The summed E-state index contributed by atoms with van der Waals surface area (Å²) in [5.41, 5.74) is 6.15. The van der Waals surface area contributed by atoms with E-state index in [-0.39, 0.29) is 5.91 Å². The van der Waals surface area contributed by atoms with Gasteiger partial charge < -0.3 is 10.3 Å². The van der Waals surface area contributed by atoms with Crippen molar-refractivity contribution in [1.29, 1.82) is 0 Å². The minimum absolute atomic E-state index is 0.366. The second kappa shape index (κ2) is 5.34. The predicted molar refractivity (Wildman–Crippen MR) is 91.4 cm³/mol. The number of hydrazone groups is 1. The Labute approximate surface area is 137 Å². The average molecular weight is 315 g/mol. The number of hydrogen-bond donors (Lipinski definition) is 3. The molecule has 0 atom stereocenters. The van der Waals surface area contributed by atoms with Crippen molar-refractivity contribution in [3.8, 4) is 11.4 Å². The number of aromatic amines is 1. The molecule has 3 N–H and O–H groups in total. The molecule has 2 radical (unpaired) electrons. The van der Waals surface area contributed by atoms with Crippen LogP contribution in [0.2, 0.25) is 0 Å². The number of carbonyl (C=O) groups is 2. The molecule has 3 heterocycles. The summed E-state index contributed by atoms with van der Waals surface area (Å²) in [6.07, 6.45) is 3.27. The van der Waals surface area contributed by atoms with Crippen molar-refractivity contribution in [2.75, 3.05) is 5.32 Å². The molecule has 8 heteroatoms. The molecule has 2 amide bonds. The lowest BCUT2D eigenvalue weighted by molar-refractivity contribution is 0.0957. The number of aromatic nitrogens is 2. The molecule has 7 nitrogen and oxygen atoms in total. The van der Waals surface area contributed by atoms with Crippen LogP contribution >= 0.6 is 0 Å². The molecule has 0 fully saturated rings. The highest BCUT2D eigenvalue weighted by atomic mass is 16.2. The maximum atomic E-state index is 12.3. The van der Waals surface area contributed by atoms with E-state index in [1.54, 1.807) is 24.5 Å². The SMILES string of the molecule is [B]C(=O)Nc1cc2c3c(c(-c4ccccn4)[nH]c3c1)C=NNC2=O. The zero-order valence-electron chi connectivity index (χ0n) is 12.3. The van der Waals surface area contributed by atoms with Gasteiger partial charge in [0.1, 0.15) is 0 Å². The third kappa shape index (κ3) is 2.25. The lowest BCUT2D eigenvalue weighted by Crippen LogP contribution is -2.17. The standard InChI is InChI=1S/C16H10BN5O2/c17-16(24)20-8-5-9-13-10(7-19-22-15(9)23)14(21-12(13)6-8)11-3-1-2-4-18-11/h1-7,21H,(H,20,24)(H,22,23). The van der Waals surface area contributed by atoms with Gasteiger partial charge in [-0.05, 0) is 24.3 Å². The molecule has 2 aromatic heterocycles. The van der Waals surface area contributed by atoms with Crippen molar-refractivity contribution in [3.63, 3.8) is 0 Å². The van der Waals surface area contributed by atoms with E-state index in [1.165, 1.54) is 0 Å². The van der Waals surface area contributed by atoms with E-state index in [0.29, 0.717) is 22.2 Å². The third-order valence-corrected chi connectivity index (χ3v) is 3.73. The van der Waals surface area contributed by atoms with Crippen LogP contribution in [0.25, 0.3) is 22.3 Å². The number of amides is 2. The van der Waals surface area contributed by atoms with E-state index < -0.39 is 5.81 Å². The summed E-state index contributed by atoms with van der Waals surface area (Å²) in [6.45, 7) is 0. The maximum absolute atomic E-state index is 12.3. The first-order valence-electron chi connectivity index (χ1n) is 7.14. The van der Waals surface area contributed by atoms with E-state index >= 15 is 0 Å². The number of pyridine rings is 1. The fourth-order valence-corrected chi connectivity index (χ4v) is 2.81. The van der Waals surface area contributed by atoms with Crippen LogP contribution in [0.4, 0.5) is 10.5 Å². The highest BCUT2D eigenvalue weighted by Gasteiger charge is 2.22. The summed E-state index contributed by atoms with van der Waals surface area (Å²) >= 11 is 0. The fourth-order valence-electron chi connectivity index (χ4n) is 2.81. The molecule has 3 aromatic rings. The molecule has 0 saturated carbocycles. The molecule has 114 valence electrons. The zero-order chi connectivity index (χ0) is 16.7. The Kier molecular flexibility index (Phi) is 3.16. The number of H-pyrrole nitrogens is 1. The Hall–Kier alpha value is -3.42. The van der Waals surface area contributed by atoms with E-state index in [4.69, 9.17) is 7.85 Å². The van der Waals surface area contributed by atoms with Gasteiger partial charge in [0.05, 0.1) is 23.2 Å². The molecule has 0 saturated heterocycles. The Morgan fingerprint density at radius 1 is 1.25 bits per heavy atom. The molecule has 24 heavy (non-hydrogen) atoms. The summed E-state index contributed by atoms with van der Waals surface area (Å²) in [5, 5.41) is 7.16. The normalized spacial score (nSPS) is 12.8. The summed E-state index contributed by atoms with van der Waals surface area (Å²) in [7, 11) is 5.17. The van der Waals surface area contributed by atoms with Gasteiger partial charge in [-0.3, -0.25) is 14.6 Å². The number of carbonyl (C=O) groups excluding carboxylic acids is 2. The zero-order valence-corrected chi connectivity index (χ0v) is 12.3. The number of hydrogen-bond acceptors (Lipinski definition) is 4. The van der Waals surface area contributed by atoms with Crippen molar-refractivity contribution in [2.45, 2.75) is 0 Å². The van der Waals surface area contributed by atoms with Crippen molar-refractivity contribution in [2.24, 2.45) is 5.10 Å². The Morgan fingerprint density at radius 2 is 2.12 bits per heavy atom. The molecule has 0 bridgehead atoms. The number of benzene rings is 1. The van der Waals surface area contributed by atoms with E-state index in [0.717, 1.165) is 17.0 Å². The predicted octanol–water partition coefficient (Wildman–Crippen LogP) is 2.01. The van der Waals surface area contributed by atoms with Gasteiger partial charge in [-0.2, -0.15) is 5.10 Å². The van der Waals surface area contributed by atoms with Crippen LogP contribution in [0.1, 0.15) is 15.9 Å². The van der Waals surface area contributed by atoms with Gasteiger partial charge in [0.2, 0.25) is 7.85 Å². The highest BCUT2D eigenvalue weighted by Crippen LogP contribution is 2.33. The monoisotopic (exact) mass is 315 g/mol. The molecule has 1 aromatic carbocycles. The van der Waals surface area contributed by atoms with E-state index in [1.807, 2.05) is 18.2 Å². The van der Waals surface area contributed by atoms with Crippen LogP contribution in [-0.2, 0) is 0 Å². The first-order chi connectivity index (χ1) is 11.6. The topological polar surface area (TPSA) is 99.2 Å². The number of nitrogens with one attached hydrogen (secondary N) is 3. The highest BCUT2D eigenvalue weighted by molar-refractivity contribution is 6.60. The van der Waals surface area contributed by atoms with Gasteiger partial charge >= 0.3 is 0 Å². The van der Waals surface area contributed by atoms with Crippen LogP contribution in [0.3, 0.4) is 0 Å². The van der Waals surface area contributed by atoms with Crippen LogP contribution in [0.15, 0.2) is 41.6 Å². The van der Waals surface area contributed by atoms with Crippen LogP contribution in [0.5, 0.6) is 0 Å². The second-order valence-corrected chi connectivity index (χ2v) is 5.26. The Bertz CT molecular complexity index is 1010. The third-order valence-electron chi connectivity index (χ3n) is 3.73. The molecular weight excluding hydrogens is 305 g/mol. The van der Waals surface area contributed by atoms with E-state index in [9.17, 15) is 9.59 Å². The van der Waals surface area contributed by atoms with Crippen molar-refractivity contribution in [3.05, 3.63) is 47.7 Å². The summed E-state index contributed by atoms with van der Waals surface area (Å²) < 4.78 is 0. The molecule has 0 unspecified atom stereocenters. The second-order valence-electron chi connectivity index (χ2n) is 5.26. The summed E-state index contributed by atoms with van der Waals surface area (Å²) in [4.78, 5) is 31.0. The van der Waals surface area contributed by atoms with Crippen LogP contribution in [-0.4, -0.2) is 35.7 Å². The minimum Gasteiger partial charge on any atom is -0.353 e. The van der Waals surface area contributed by atoms with Crippen LogP contribution in [0, 0.1) is 0 Å². The Balaban J connectivity index is 2.03. The molecule has 4 rings (SSSR count). The Morgan fingerprint density at radius 3 is 2.88 bits per heavy atom. The summed E-state index contributed by atoms with van der Waals surface area (Å²) in [5.74, 6) is -1.07. The van der Waals surface area contributed by atoms with Gasteiger partial charge in [0.25, 0.3) is 5.91 Å². The molecule has 1 aliphatic rings. The smallest absolute Gasteiger partial charge is 0.272 e.